The first-order chi connectivity index (χ1) is 14.3. The van der Waals surface area contributed by atoms with Crippen molar-refractivity contribution in [3.63, 3.8) is 0 Å². The number of aromatic nitrogens is 1. The minimum absolute atomic E-state index is 0.0842. The molecule has 3 N–H and O–H groups in total. The van der Waals surface area contributed by atoms with Crippen LogP contribution in [0.3, 0.4) is 0 Å². The Balaban J connectivity index is 1.42. The third-order valence-corrected chi connectivity index (χ3v) is 7.52. The molecule has 11 heteroatoms. The molecule has 1 aliphatic heterocycles. The van der Waals surface area contributed by atoms with E-state index in [1.807, 2.05) is 12.1 Å². The van der Waals surface area contributed by atoms with E-state index >= 15 is 0 Å². The fourth-order valence-electron chi connectivity index (χ4n) is 3.01. The number of amides is 2. The van der Waals surface area contributed by atoms with Crippen LogP contribution in [0.5, 0.6) is 0 Å². The number of thioether (sulfide) groups is 1. The Kier molecular flexibility index (Phi) is 8.38. The van der Waals surface area contributed by atoms with Gasteiger partial charge in [-0.1, -0.05) is 41.0 Å². The number of carbonyl (C=O) groups excluding carboxylic acids is 2. The number of morpholine rings is 1. The zero-order valence-corrected chi connectivity index (χ0v) is 19.5. The normalized spacial score (nSPS) is 17.1. The van der Waals surface area contributed by atoms with Crippen LogP contribution in [0.4, 0.5) is 0 Å². The molecule has 2 aromatic rings. The molecule has 1 saturated heterocycles. The Hall–Kier alpha value is -1.36. The third kappa shape index (κ3) is 6.57. The van der Waals surface area contributed by atoms with Gasteiger partial charge in [0.2, 0.25) is 5.91 Å². The Morgan fingerprint density at radius 3 is 2.90 bits per heavy atom. The molecule has 1 aromatic heterocycles. The van der Waals surface area contributed by atoms with E-state index in [-0.39, 0.29) is 17.8 Å². The molecular weight excluding hydrogens is 467 g/mol. The molecule has 0 aliphatic carbocycles. The number of nitrogens with one attached hydrogen (secondary N) is 1. The second kappa shape index (κ2) is 10.8. The molecule has 162 valence electrons. The van der Waals surface area contributed by atoms with Gasteiger partial charge in [0.1, 0.15) is 4.88 Å². The van der Waals surface area contributed by atoms with Gasteiger partial charge >= 0.3 is 0 Å². The average molecular weight is 489 g/mol. The average Bonchev–Trinajstić information content (AvgIpc) is 3.09. The lowest BCUT2D eigenvalue weighted by Crippen LogP contribution is -2.47. The van der Waals surface area contributed by atoms with Gasteiger partial charge < -0.3 is 15.8 Å². The van der Waals surface area contributed by atoms with Crippen LogP contribution in [-0.4, -0.2) is 59.8 Å². The Morgan fingerprint density at radius 1 is 1.40 bits per heavy atom. The summed E-state index contributed by atoms with van der Waals surface area (Å²) >= 11 is 14.6. The van der Waals surface area contributed by atoms with E-state index < -0.39 is 5.91 Å². The molecule has 1 fully saturated rings. The highest BCUT2D eigenvalue weighted by molar-refractivity contribution is 8.01. The molecule has 1 atom stereocenters. The van der Waals surface area contributed by atoms with Crippen LogP contribution in [0.1, 0.15) is 20.9 Å². The Morgan fingerprint density at radius 2 is 2.20 bits per heavy atom. The quantitative estimate of drug-likeness (QED) is 0.554. The number of halogens is 2. The largest absolute Gasteiger partial charge is 0.374 e. The molecule has 1 aromatic carbocycles. The van der Waals surface area contributed by atoms with Gasteiger partial charge in [-0.2, -0.15) is 0 Å². The van der Waals surface area contributed by atoms with Gasteiger partial charge in [0.25, 0.3) is 5.91 Å². The highest BCUT2D eigenvalue weighted by Crippen LogP contribution is 2.27. The summed E-state index contributed by atoms with van der Waals surface area (Å²) in [7, 11) is 0. The van der Waals surface area contributed by atoms with Crippen molar-refractivity contribution >= 4 is 58.1 Å². The number of hydrogen-bond acceptors (Lipinski definition) is 7. The number of hydrogen-bond donors (Lipinski definition) is 2. The lowest BCUT2D eigenvalue weighted by molar-refractivity contribution is -0.119. The van der Waals surface area contributed by atoms with Crippen molar-refractivity contribution in [2.24, 2.45) is 5.73 Å². The van der Waals surface area contributed by atoms with Crippen molar-refractivity contribution in [2.75, 3.05) is 32.0 Å². The van der Waals surface area contributed by atoms with Crippen molar-refractivity contribution in [2.45, 2.75) is 23.9 Å². The van der Waals surface area contributed by atoms with Crippen LogP contribution in [-0.2, 0) is 16.1 Å². The maximum atomic E-state index is 12.2. The van der Waals surface area contributed by atoms with E-state index in [0.29, 0.717) is 44.7 Å². The maximum Gasteiger partial charge on any atom is 0.260 e. The highest BCUT2D eigenvalue weighted by atomic mass is 35.5. The number of primary amides is 1. The Labute approximate surface area is 193 Å². The van der Waals surface area contributed by atoms with Gasteiger partial charge in [0.05, 0.1) is 34.2 Å². The van der Waals surface area contributed by atoms with Gasteiger partial charge in [-0.05, 0) is 24.6 Å². The van der Waals surface area contributed by atoms with E-state index in [0.717, 1.165) is 18.7 Å². The second-order valence-electron chi connectivity index (χ2n) is 6.83. The van der Waals surface area contributed by atoms with E-state index in [4.69, 9.17) is 33.7 Å². The number of rotatable bonds is 8. The molecule has 2 amide bonds. The zero-order valence-electron chi connectivity index (χ0n) is 16.3. The molecule has 0 saturated carbocycles. The topological polar surface area (TPSA) is 97.6 Å². The van der Waals surface area contributed by atoms with Crippen molar-refractivity contribution in [1.29, 1.82) is 0 Å². The molecule has 2 heterocycles. The summed E-state index contributed by atoms with van der Waals surface area (Å²) in [6.45, 7) is 5.02. The molecule has 1 aliphatic rings. The summed E-state index contributed by atoms with van der Waals surface area (Å²) in [6.07, 6.45) is -0.0842. The van der Waals surface area contributed by atoms with E-state index in [1.165, 1.54) is 23.1 Å². The minimum atomic E-state index is -0.499. The standard InChI is InChI=1S/C19H22Cl2N4O3S2/c1-11-17(18(22)27)30-19(24-11)29-10-16(26)23-7-13-9-25(4-5-28-13)8-12-2-3-14(20)15(21)6-12/h2-3,6,13H,4-5,7-10H2,1H3,(H2,22,27)(H,23,26)/t13-/m0/s1. The van der Waals surface area contributed by atoms with E-state index in [9.17, 15) is 9.59 Å². The lowest BCUT2D eigenvalue weighted by Gasteiger charge is -2.33. The molecule has 0 spiro atoms. The number of thiazole rings is 1. The smallest absolute Gasteiger partial charge is 0.260 e. The van der Waals surface area contributed by atoms with Gasteiger partial charge in [-0.3, -0.25) is 14.5 Å². The van der Waals surface area contributed by atoms with E-state index in [2.05, 4.69) is 15.2 Å². The van der Waals surface area contributed by atoms with Crippen LogP contribution in [0, 0.1) is 6.92 Å². The number of aryl methyl sites for hydroxylation is 1. The summed E-state index contributed by atoms with van der Waals surface area (Å²) in [4.78, 5) is 30.4. The first-order valence-corrected chi connectivity index (χ1v) is 11.8. The van der Waals surface area contributed by atoms with Crippen LogP contribution in [0.2, 0.25) is 10.0 Å². The fourth-order valence-corrected chi connectivity index (χ4v) is 5.20. The van der Waals surface area contributed by atoms with Gasteiger partial charge in [0.15, 0.2) is 4.34 Å². The zero-order chi connectivity index (χ0) is 21.7. The van der Waals surface area contributed by atoms with Crippen molar-refractivity contribution in [1.82, 2.24) is 15.2 Å². The predicted octanol–water partition coefficient (Wildman–Crippen LogP) is 2.97. The first-order valence-electron chi connectivity index (χ1n) is 9.26. The fraction of sp³-hybridized carbons (Fsp3) is 0.421. The summed E-state index contributed by atoms with van der Waals surface area (Å²) in [6, 6.07) is 5.63. The minimum Gasteiger partial charge on any atom is -0.374 e. The molecule has 0 bridgehead atoms. The number of nitrogens with zero attached hydrogens (tertiary/aromatic N) is 2. The summed E-state index contributed by atoms with van der Waals surface area (Å²) in [5.74, 6) is -0.398. The maximum absolute atomic E-state index is 12.2. The number of ether oxygens (including phenoxy) is 1. The van der Waals surface area contributed by atoms with Crippen LogP contribution in [0.15, 0.2) is 22.5 Å². The Bertz CT molecular complexity index is 925. The summed E-state index contributed by atoms with van der Waals surface area (Å²) in [5, 5.41) is 3.99. The van der Waals surface area contributed by atoms with E-state index in [1.54, 1.807) is 13.0 Å². The molecule has 30 heavy (non-hydrogen) atoms. The van der Waals surface area contributed by atoms with Gasteiger partial charge in [-0.25, -0.2) is 4.98 Å². The van der Waals surface area contributed by atoms with Crippen molar-refractivity contribution < 1.29 is 14.3 Å². The second-order valence-corrected chi connectivity index (χ2v) is 9.86. The number of nitrogens with two attached hydrogens (primary N) is 1. The molecule has 7 nitrogen and oxygen atoms in total. The van der Waals surface area contributed by atoms with Crippen molar-refractivity contribution in [3.05, 3.63) is 44.4 Å². The van der Waals surface area contributed by atoms with Gasteiger partial charge in [0, 0.05) is 26.2 Å². The van der Waals surface area contributed by atoms with Crippen LogP contribution in [0.25, 0.3) is 0 Å². The molecule has 0 radical (unpaired) electrons. The molecule has 0 unspecified atom stereocenters. The molecular formula is C19H22Cl2N4O3S2. The van der Waals surface area contributed by atoms with Crippen LogP contribution < -0.4 is 11.1 Å². The molecule has 3 rings (SSSR count). The third-order valence-electron chi connectivity index (χ3n) is 4.47. The monoisotopic (exact) mass is 488 g/mol. The number of benzene rings is 1. The highest BCUT2D eigenvalue weighted by Gasteiger charge is 2.21. The van der Waals surface area contributed by atoms with Crippen LogP contribution >= 0.6 is 46.3 Å². The van der Waals surface area contributed by atoms with Crippen molar-refractivity contribution in [3.8, 4) is 0 Å². The summed E-state index contributed by atoms with van der Waals surface area (Å²) in [5.41, 5.74) is 6.97. The lowest BCUT2D eigenvalue weighted by atomic mass is 10.2. The SMILES string of the molecule is Cc1nc(SCC(=O)NC[C@H]2CN(Cc3ccc(Cl)c(Cl)c3)CCO2)sc1C(N)=O. The number of carbonyl (C=O) groups is 2. The summed E-state index contributed by atoms with van der Waals surface area (Å²) < 4.78 is 6.43. The van der Waals surface area contributed by atoms with Gasteiger partial charge in [-0.15, -0.1) is 11.3 Å². The first kappa shape index (κ1) is 23.3. The predicted molar refractivity (Wildman–Crippen MR) is 121 cm³/mol.